The molecule has 5 nitrogen and oxygen atoms in total. The van der Waals surface area contributed by atoms with E-state index in [1.54, 1.807) is 24.4 Å². The summed E-state index contributed by atoms with van der Waals surface area (Å²) in [4.78, 5) is 14.0. The van der Waals surface area contributed by atoms with Crippen LogP contribution in [0, 0.1) is 17.2 Å². The number of fused-ring (bicyclic) bond motifs is 1. The lowest BCUT2D eigenvalue weighted by atomic mass is 9.81. The second-order valence-corrected chi connectivity index (χ2v) is 6.97. The number of rotatable bonds is 4. The van der Waals surface area contributed by atoms with Crippen LogP contribution in [0.2, 0.25) is 0 Å². The fourth-order valence-electron chi connectivity index (χ4n) is 4.43. The first-order valence-electron chi connectivity index (χ1n) is 8.33. The van der Waals surface area contributed by atoms with Crippen LogP contribution in [0.25, 0.3) is 11.3 Å². The number of H-pyrrole nitrogens is 1. The zero-order chi connectivity index (χ0) is 16.7. The van der Waals surface area contributed by atoms with Gasteiger partial charge < -0.3 is 5.11 Å². The predicted molar refractivity (Wildman–Crippen MR) is 86.7 cm³/mol. The molecule has 0 radical (unpaired) electrons. The zero-order valence-electron chi connectivity index (χ0n) is 13.3. The summed E-state index contributed by atoms with van der Waals surface area (Å²) in [6.07, 6.45) is 4.45. The van der Waals surface area contributed by atoms with E-state index in [0.29, 0.717) is 24.3 Å². The van der Waals surface area contributed by atoms with Crippen molar-refractivity contribution in [1.29, 1.82) is 0 Å². The Morgan fingerprint density at radius 2 is 2.29 bits per heavy atom. The Hall–Kier alpha value is -2.21. The third-order valence-electron chi connectivity index (χ3n) is 5.62. The van der Waals surface area contributed by atoms with Crippen molar-refractivity contribution in [3.63, 3.8) is 0 Å². The van der Waals surface area contributed by atoms with E-state index in [-0.39, 0.29) is 11.7 Å². The van der Waals surface area contributed by atoms with Gasteiger partial charge in [-0.05, 0) is 30.9 Å². The maximum absolute atomic E-state index is 14.1. The number of nitrogens with zero attached hydrogens (tertiary/aromatic N) is 2. The third kappa shape index (κ3) is 2.33. The number of halogens is 1. The van der Waals surface area contributed by atoms with Gasteiger partial charge in [0.2, 0.25) is 0 Å². The van der Waals surface area contributed by atoms with E-state index in [1.807, 2.05) is 0 Å². The summed E-state index contributed by atoms with van der Waals surface area (Å²) in [5.74, 6) is -0.740. The molecule has 2 aromatic rings. The van der Waals surface area contributed by atoms with Gasteiger partial charge in [0.25, 0.3) is 0 Å². The molecule has 0 spiro atoms. The van der Waals surface area contributed by atoms with Crippen molar-refractivity contribution < 1.29 is 14.3 Å². The number of benzene rings is 1. The van der Waals surface area contributed by atoms with Crippen LogP contribution in [-0.4, -0.2) is 39.3 Å². The molecule has 0 bridgehead atoms. The third-order valence-corrected chi connectivity index (χ3v) is 5.62. The molecule has 2 N–H and O–H groups in total. The molecule has 6 heteroatoms. The Labute approximate surface area is 139 Å². The first kappa shape index (κ1) is 15.3. The molecule has 0 unspecified atom stereocenters. The predicted octanol–water partition coefficient (Wildman–Crippen LogP) is 2.90. The number of nitrogens with one attached hydrogen (secondary N) is 1. The Balaban J connectivity index is 1.57. The van der Waals surface area contributed by atoms with Gasteiger partial charge in [-0.1, -0.05) is 18.6 Å². The van der Waals surface area contributed by atoms with Gasteiger partial charge in [0.1, 0.15) is 5.82 Å². The molecule has 1 saturated heterocycles. The number of carboxylic acids is 1. The van der Waals surface area contributed by atoms with E-state index in [1.165, 1.54) is 6.07 Å². The minimum Gasteiger partial charge on any atom is -0.481 e. The maximum atomic E-state index is 14.1. The SMILES string of the molecule is O=C(O)[C@@]12CCC[C@H]1CN(Cc1cn[nH]c1-c1ccccc1F)C2. The van der Waals surface area contributed by atoms with Crippen molar-refractivity contribution >= 4 is 5.97 Å². The van der Waals surface area contributed by atoms with Gasteiger partial charge in [0.15, 0.2) is 0 Å². The first-order valence-corrected chi connectivity index (χ1v) is 8.33. The minimum absolute atomic E-state index is 0.221. The molecule has 24 heavy (non-hydrogen) atoms. The fraction of sp³-hybridized carbons (Fsp3) is 0.444. The summed E-state index contributed by atoms with van der Waals surface area (Å²) in [6.45, 7) is 1.94. The molecule has 1 aromatic carbocycles. The minimum atomic E-state index is -0.672. The van der Waals surface area contributed by atoms with Gasteiger partial charge in [-0.2, -0.15) is 5.10 Å². The highest BCUT2D eigenvalue weighted by atomic mass is 19.1. The van der Waals surface area contributed by atoms with Crippen molar-refractivity contribution in [2.24, 2.45) is 11.3 Å². The van der Waals surface area contributed by atoms with Crippen LogP contribution in [-0.2, 0) is 11.3 Å². The highest BCUT2D eigenvalue weighted by Crippen LogP contribution is 2.49. The largest absolute Gasteiger partial charge is 0.481 e. The molecule has 2 heterocycles. The average molecular weight is 329 g/mol. The lowest BCUT2D eigenvalue weighted by Gasteiger charge is -2.23. The van der Waals surface area contributed by atoms with E-state index >= 15 is 0 Å². The van der Waals surface area contributed by atoms with E-state index in [0.717, 1.165) is 31.4 Å². The molecule has 2 atom stereocenters. The molecule has 1 aromatic heterocycles. The molecular formula is C18H20FN3O2. The van der Waals surface area contributed by atoms with E-state index in [4.69, 9.17) is 0 Å². The van der Waals surface area contributed by atoms with Crippen LogP contribution >= 0.6 is 0 Å². The van der Waals surface area contributed by atoms with Crippen LogP contribution in [0.5, 0.6) is 0 Å². The van der Waals surface area contributed by atoms with E-state index in [2.05, 4.69) is 15.1 Å². The molecule has 2 aliphatic rings. The number of hydrogen-bond acceptors (Lipinski definition) is 3. The lowest BCUT2D eigenvalue weighted by molar-refractivity contribution is -0.149. The second-order valence-electron chi connectivity index (χ2n) is 6.97. The average Bonchev–Trinajstić information content (AvgIpc) is 3.22. The van der Waals surface area contributed by atoms with Crippen LogP contribution in [0.1, 0.15) is 24.8 Å². The van der Waals surface area contributed by atoms with Gasteiger partial charge in [-0.25, -0.2) is 4.39 Å². The van der Waals surface area contributed by atoms with Crippen molar-refractivity contribution in [1.82, 2.24) is 15.1 Å². The normalized spacial score (nSPS) is 26.6. The second kappa shape index (κ2) is 5.70. The standard InChI is InChI=1S/C18H20FN3O2/c19-15-6-2-1-5-14(15)16-12(8-20-21-16)9-22-10-13-4-3-7-18(13,11-22)17(23)24/h1-2,5-6,8,13H,3-4,7,9-11H2,(H,20,21)(H,23,24)/t13-,18+/m0/s1. The number of aromatic amines is 1. The lowest BCUT2D eigenvalue weighted by Crippen LogP contribution is -2.35. The van der Waals surface area contributed by atoms with Gasteiger partial charge in [0.05, 0.1) is 17.3 Å². The summed E-state index contributed by atoms with van der Waals surface area (Å²) in [7, 11) is 0. The fourth-order valence-corrected chi connectivity index (χ4v) is 4.43. The molecule has 1 aliphatic heterocycles. The molecule has 2 fully saturated rings. The summed E-state index contributed by atoms with van der Waals surface area (Å²) < 4.78 is 14.1. The van der Waals surface area contributed by atoms with Crippen molar-refractivity contribution in [2.45, 2.75) is 25.8 Å². The Bertz CT molecular complexity index is 775. The smallest absolute Gasteiger partial charge is 0.311 e. The van der Waals surface area contributed by atoms with Gasteiger partial charge in [-0.15, -0.1) is 0 Å². The van der Waals surface area contributed by atoms with Crippen LogP contribution in [0.15, 0.2) is 30.5 Å². The topological polar surface area (TPSA) is 69.2 Å². The molecule has 4 rings (SSSR count). The Kier molecular flexibility index (Phi) is 3.64. The Morgan fingerprint density at radius 1 is 1.46 bits per heavy atom. The van der Waals surface area contributed by atoms with Crippen LogP contribution < -0.4 is 0 Å². The summed E-state index contributed by atoms with van der Waals surface area (Å²) in [5, 5.41) is 16.7. The monoisotopic (exact) mass is 329 g/mol. The molecule has 1 saturated carbocycles. The number of aliphatic carboxylic acids is 1. The van der Waals surface area contributed by atoms with Gasteiger partial charge >= 0.3 is 5.97 Å². The van der Waals surface area contributed by atoms with Crippen molar-refractivity contribution in [3.05, 3.63) is 41.8 Å². The van der Waals surface area contributed by atoms with Crippen LogP contribution in [0.3, 0.4) is 0 Å². The first-order chi connectivity index (χ1) is 11.6. The van der Waals surface area contributed by atoms with Crippen molar-refractivity contribution in [2.75, 3.05) is 13.1 Å². The van der Waals surface area contributed by atoms with E-state index in [9.17, 15) is 14.3 Å². The molecular weight excluding hydrogens is 309 g/mol. The van der Waals surface area contributed by atoms with Gasteiger partial charge in [-0.3, -0.25) is 14.8 Å². The van der Waals surface area contributed by atoms with Crippen molar-refractivity contribution in [3.8, 4) is 11.3 Å². The highest BCUT2D eigenvalue weighted by molar-refractivity contribution is 5.76. The molecule has 1 aliphatic carbocycles. The highest BCUT2D eigenvalue weighted by Gasteiger charge is 2.54. The van der Waals surface area contributed by atoms with E-state index < -0.39 is 11.4 Å². The number of carbonyl (C=O) groups is 1. The zero-order valence-corrected chi connectivity index (χ0v) is 13.3. The van der Waals surface area contributed by atoms with Crippen LogP contribution in [0.4, 0.5) is 4.39 Å². The van der Waals surface area contributed by atoms with Gasteiger partial charge in [0, 0.05) is 30.8 Å². The molecule has 0 amide bonds. The quantitative estimate of drug-likeness (QED) is 0.905. The molecule has 126 valence electrons. The number of likely N-dealkylation sites (tertiary alicyclic amines) is 1. The summed E-state index contributed by atoms with van der Waals surface area (Å²) in [5.41, 5.74) is 1.48. The summed E-state index contributed by atoms with van der Waals surface area (Å²) >= 11 is 0. The maximum Gasteiger partial charge on any atom is 0.311 e. The number of carboxylic acid groups (broad SMARTS) is 1. The number of hydrogen-bond donors (Lipinski definition) is 2. The number of aromatic nitrogens is 2. The summed E-state index contributed by atoms with van der Waals surface area (Å²) in [6, 6.07) is 6.61. The Morgan fingerprint density at radius 3 is 3.04 bits per heavy atom.